The normalized spacial score (nSPS) is 14.3. The van der Waals surface area contributed by atoms with Crippen molar-refractivity contribution >= 4 is 10.2 Å². The van der Waals surface area contributed by atoms with E-state index in [9.17, 15) is 8.42 Å². The Bertz CT molecular complexity index is 257. The molecule has 0 amide bonds. The topological polar surface area (TPSA) is 69.6 Å². The van der Waals surface area contributed by atoms with Crippen molar-refractivity contribution in [3.8, 4) is 0 Å². The summed E-state index contributed by atoms with van der Waals surface area (Å²) in [5, 5.41) is 8.99. The summed E-state index contributed by atoms with van der Waals surface area (Å²) >= 11 is 0. The van der Waals surface area contributed by atoms with Gasteiger partial charge in [0.2, 0.25) is 0 Å². The fourth-order valence-corrected chi connectivity index (χ4v) is 3.04. The van der Waals surface area contributed by atoms with Gasteiger partial charge in [0.1, 0.15) is 0 Å². The molecule has 0 saturated carbocycles. The maximum Gasteiger partial charge on any atom is 0.279 e. The lowest BCUT2D eigenvalue weighted by Crippen LogP contribution is -2.47. The predicted molar refractivity (Wildman–Crippen MR) is 65.4 cm³/mol. The van der Waals surface area contributed by atoms with Crippen LogP contribution in [0.5, 0.6) is 0 Å². The third kappa shape index (κ3) is 5.25. The first-order valence-electron chi connectivity index (χ1n) is 5.90. The maximum absolute atomic E-state index is 11.9. The summed E-state index contributed by atoms with van der Waals surface area (Å²) in [5.41, 5.74) is 0. The zero-order chi connectivity index (χ0) is 12.6. The summed E-state index contributed by atoms with van der Waals surface area (Å²) in [7, 11) is -3.45. The quantitative estimate of drug-likeness (QED) is 0.635. The lowest BCUT2D eigenvalue weighted by atomic mass is 10.3. The standard InChI is InChI=1S/C10H24N2O3S/c1-4-7-12(8-5-2)16(14,15)11-10(6-3)9-13/h10-11,13H,4-9H2,1-3H3/t10-/m0/s1. The van der Waals surface area contributed by atoms with Crippen LogP contribution in [0.4, 0.5) is 0 Å². The Morgan fingerprint density at radius 1 is 1.19 bits per heavy atom. The van der Waals surface area contributed by atoms with Crippen LogP contribution in [-0.4, -0.2) is 43.6 Å². The van der Waals surface area contributed by atoms with Crippen LogP contribution in [0.15, 0.2) is 0 Å². The van der Waals surface area contributed by atoms with Gasteiger partial charge in [-0.25, -0.2) is 0 Å². The Morgan fingerprint density at radius 3 is 2.00 bits per heavy atom. The number of aliphatic hydroxyl groups excluding tert-OH is 1. The molecule has 2 N–H and O–H groups in total. The van der Waals surface area contributed by atoms with Crippen LogP contribution < -0.4 is 4.72 Å². The van der Waals surface area contributed by atoms with E-state index >= 15 is 0 Å². The Labute approximate surface area is 99.0 Å². The first kappa shape index (κ1) is 15.8. The van der Waals surface area contributed by atoms with Crippen LogP contribution in [0, 0.1) is 0 Å². The Hall–Kier alpha value is -0.170. The molecule has 0 radical (unpaired) electrons. The number of hydrogen-bond donors (Lipinski definition) is 2. The number of rotatable bonds is 9. The van der Waals surface area contributed by atoms with Gasteiger partial charge in [-0.15, -0.1) is 0 Å². The van der Waals surface area contributed by atoms with Crippen molar-refractivity contribution in [2.24, 2.45) is 0 Å². The molecule has 0 unspecified atom stereocenters. The second-order valence-corrected chi connectivity index (χ2v) is 5.51. The highest BCUT2D eigenvalue weighted by Gasteiger charge is 2.22. The smallest absolute Gasteiger partial charge is 0.279 e. The molecule has 0 saturated heterocycles. The SMILES string of the molecule is CCCN(CCC)S(=O)(=O)N[C@@H](CC)CO. The number of nitrogens with zero attached hydrogens (tertiary/aromatic N) is 1. The molecule has 0 aromatic heterocycles. The van der Waals surface area contributed by atoms with Gasteiger partial charge in [0.15, 0.2) is 0 Å². The minimum Gasteiger partial charge on any atom is -0.395 e. The van der Waals surface area contributed by atoms with Gasteiger partial charge in [-0.05, 0) is 19.3 Å². The third-order valence-electron chi connectivity index (χ3n) is 2.31. The predicted octanol–water partition coefficient (Wildman–Crippen LogP) is 0.714. The lowest BCUT2D eigenvalue weighted by Gasteiger charge is -2.24. The molecule has 0 spiro atoms. The van der Waals surface area contributed by atoms with Gasteiger partial charge in [-0.3, -0.25) is 0 Å². The summed E-state index contributed by atoms with van der Waals surface area (Å²) in [4.78, 5) is 0. The fraction of sp³-hybridized carbons (Fsp3) is 1.00. The van der Waals surface area contributed by atoms with E-state index in [1.54, 1.807) is 0 Å². The molecule has 16 heavy (non-hydrogen) atoms. The lowest BCUT2D eigenvalue weighted by molar-refractivity contribution is 0.250. The zero-order valence-corrected chi connectivity index (χ0v) is 11.3. The van der Waals surface area contributed by atoms with Crippen molar-refractivity contribution in [1.29, 1.82) is 0 Å². The van der Waals surface area contributed by atoms with Crippen LogP contribution in [0.25, 0.3) is 0 Å². The molecule has 0 heterocycles. The van der Waals surface area contributed by atoms with Crippen LogP contribution in [0.2, 0.25) is 0 Å². The summed E-state index contributed by atoms with van der Waals surface area (Å²) < 4.78 is 27.8. The van der Waals surface area contributed by atoms with E-state index in [0.717, 1.165) is 12.8 Å². The summed E-state index contributed by atoms with van der Waals surface area (Å²) in [5.74, 6) is 0. The van der Waals surface area contributed by atoms with Crippen molar-refractivity contribution in [3.63, 3.8) is 0 Å². The van der Waals surface area contributed by atoms with E-state index in [1.807, 2.05) is 20.8 Å². The second-order valence-electron chi connectivity index (χ2n) is 3.81. The van der Waals surface area contributed by atoms with Crippen LogP contribution >= 0.6 is 0 Å². The van der Waals surface area contributed by atoms with Gasteiger partial charge in [-0.1, -0.05) is 20.8 Å². The Morgan fingerprint density at radius 2 is 1.69 bits per heavy atom. The second kappa shape index (κ2) is 8.00. The fourth-order valence-electron chi connectivity index (χ4n) is 1.39. The third-order valence-corrected chi connectivity index (χ3v) is 3.99. The van der Waals surface area contributed by atoms with E-state index in [2.05, 4.69) is 4.72 Å². The molecule has 0 aromatic rings. The average molecular weight is 252 g/mol. The van der Waals surface area contributed by atoms with E-state index in [4.69, 9.17) is 5.11 Å². The highest BCUT2D eigenvalue weighted by molar-refractivity contribution is 7.87. The molecule has 0 aromatic carbocycles. The van der Waals surface area contributed by atoms with Crippen LogP contribution in [-0.2, 0) is 10.2 Å². The van der Waals surface area contributed by atoms with E-state index in [0.29, 0.717) is 19.5 Å². The van der Waals surface area contributed by atoms with E-state index in [-0.39, 0.29) is 12.6 Å². The molecule has 1 atom stereocenters. The molecule has 6 heteroatoms. The summed E-state index contributed by atoms with van der Waals surface area (Å²) in [6, 6.07) is -0.388. The molecular weight excluding hydrogens is 228 g/mol. The van der Waals surface area contributed by atoms with Crippen molar-refractivity contribution in [2.45, 2.75) is 46.1 Å². The minimum absolute atomic E-state index is 0.165. The molecule has 0 aliphatic heterocycles. The molecule has 0 aliphatic rings. The van der Waals surface area contributed by atoms with Crippen LogP contribution in [0.1, 0.15) is 40.0 Å². The van der Waals surface area contributed by atoms with E-state index < -0.39 is 10.2 Å². The summed E-state index contributed by atoms with van der Waals surface area (Å²) in [6.07, 6.45) is 2.16. The van der Waals surface area contributed by atoms with E-state index in [1.165, 1.54) is 4.31 Å². The Kier molecular flexibility index (Phi) is 7.91. The zero-order valence-electron chi connectivity index (χ0n) is 10.4. The molecule has 98 valence electrons. The van der Waals surface area contributed by atoms with Gasteiger partial charge in [-0.2, -0.15) is 17.4 Å². The molecule has 0 fully saturated rings. The first-order valence-corrected chi connectivity index (χ1v) is 7.34. The molecule has 5 nitrogen and oxygen atoms in total. The highest BCUT2D eigenvalue weighted by atomic mass is 32.2. The largest absolute Gasteiger partial charge is 0.395 e. The van der Waals surface area contributed by atoms with Crippen molar-refractivity contribution in [3.05, 3.63) is 0 Å². The molecule has 0 aliphatic carbocycles. The molecule has 0 rings (SSSR count). The van der Waals surface area contributed by atoms with Gasteiger partial charge in [0.25, 0.3) is 10.2 Å². The van der Waals surface area contributed by atoms with Crippen molar-refractivity contribution in [2.75, 3.05) is 19.7 Å². The number of nitrogens with one attached hydrogen (secondary N) is 1. The number of hydrogen-bond acceptors (Lipinski definition) is 3. The maximum atomic E-state index is 11.9. The van der Waals surface area contributed by atoms with Gasteiger partial charge >= 0.3 is 0 Å². The summed E-state index contributed by atoms with van der Waals surface area (Å²) in [6.45, 7) is 6.61. The monoisotopic (exact) mass is 252 g/mol. The Balaban J connectivity index is 4.57. The highest BCUT2D eigenvalue weighted by Crippen LogP contribution is 2.03. The molecular formula is C10H24N2O3S. The van der Waals surface area contributed by atoms with Gasteiger partial charge < -0.3 is 5.11 Å². The average Bonchev–Trinajstić information content (AvgIpc) is 2.25. The molecule has 0 bridgehead atoms. The van der Waals surface area contributed by atoms with Crippen molar-refractivity contribution in [1.82, 2.24) is 9.03 Å². The first-order chi connectivity index (χ1) is 7.51. The van der Waals surface area contributed by atoms with Gasteiger partial charge in [0.05, 0.1) is 6.61 Å². The minimum atomic E-state index is -3.45. The van der Waals surface area contributed by atoms with Gasteiger partial charge in [0, 0.05) is 19.1 Å². The van der Waals surface area contributed by atoms with Crippen molar-refractivity contribution < 1.29 is 13.5 Å². The number of aliphatic hydroxyl groups is 1. The van der Waals surface area contributed by atoms with Crippen LogP contribution in [0.3, 0.4) is 0 Å².